The molecule has 1 aliphatic rings. The molecule has 0 bridgehead atoms. The standard InChI is InChI=1S/C10H13ClN4O/c11-9-6-13-8(5-14-9)7-15-3-1-10(16)12-2-4-15/h5-6H,1-4,7H2,(H,12,16). The van der Waals surface area contributed by atoms with Crippen LogP contribution in [0.4, 0.5) is 0 Å². The number of nitrogens with zero attached hydrogens (tertiary/aromatic N) is 3. The molecule has 0 aliphatic carbocycles. The van der Waals surface area contributed by atoms with Gasteiger partial charge in [-0.25, -0.2) is 4.98 Å². The van der Waals surface area contributed by atoms with Crippen molar-refractivity contribution in [2.45, 2.75) is 13.0 Å². The second kappa shape index (κ2) is 5.23. The Morgan fingerprint density at radius 2 is 2.25 bits per heavy atom. The summed E-state index contributed by atoms with van der Waals surface area (Å²) in [6.07, 6.45) is 3.75. The van der Waals surface area contributed by atoms with Crippen molar-refractivity contribution in [3.05, 3.63) is 23.2 Å². The fourth-order valence-corrected chi connectivity index (χ4v) is 1.72. The Hall–Kier alpha value is -1.20. The average molecular weight is 241 g/mol. The van der Waals surface area contributed by atoms with Crippen LogP contribution in [0.25, 0.3) is 0 Å². The molecule has 0 spiro atoms. The lowest BCUT2D eigenvalue weighted by Crippen LogP contribution is -2.28. The number of hydrogen-bond acceptors (Lipinski definition) is 4. The van der Waals surface area contributed by atoms with Gasteiger partial charge in [0.25, 0.3) is 0 Å². The van der Waals surface area contributed by atoms with E-state index in [9.17, 15) is 4.79 Å². The number of amides is 1. The molecular formula is C10H13ClN4O. The van der Waals surface area contributed by atoms with Gasteiger partial charge in [-0.15, -0.1) is 0 Å². The highest BCUT2D eigenvalue weighted by Crippen LogP contribution is 2.05. The lowest BCUT2D eigenvalue weighted by molar-refractivity contribution is -0.120. The minimum atomic E-state index is 0.115. The topological polar surface area (TPSA) is 58.1 Å². The van der Waals surface area contributed by atoms with E-state index in [2.05, 4.69) is 20.2 Å². The van der Waals surface area contributed by atoms with Gasteiger partial charge in [0.05, 0.1) is 18.1 Å². The van der Waals surface area contributed by atoms with Crippen molar-refractivity contribution in [2.75, 3.05) is 19.6 Å². The first kappa shape index (κ1) is 11.3. The van der Waals surface area contributed by atoms with Gasteiger partial charge in [0.15, 0.2) is 0 Å². The normalized spacial score (nSPS) is 17.9. The van der Waals surface area contributed by atoms with Gasteiger partial charge in [0, 0.05) is 32.6 Å². The maximum Gasteiger partial charge on any atom is 0.221 e. The van der Waals surface area contributed by atoms with Crippen LogP contribution in [0.1, 0.15) is 12.1 Å². The molecule has 0 unspecified atom stereocenters. The molecule has 0 saturated carbocycles. The Labute approximate surface area is 98.8 Å². The van der Waals surface area contributed by atoms with Crippen LogP contribution in [0, 0.1) is 0 Å². The van der Waals surface area contributed by atoms with Crippen LogP contribution in [-0.2, 0) is 11.3 Å². The molecule has 86 valence electrons. The predicted molar refractivity (Wildman–Crippen MR) is 59.9 cm³/mol. The van der Waals surface area contributed by atoms with Crippen molar-refractivity contribution in [1.82, 2.24) is 20.2 Å². The second-order valence-corrected chi connectivity index (χ2v) is 4.09. The maximum atomic E-state index is 11.1. The number of carbonyl (C=O) groups excluding carboxylic acids is 1. The van der Waals surface area contributed by atoms with Gasteiger partial charge in [0.2, 0.25) is 5.91 Å². The SMILES string of the molecule is O=C1CCN(Cc2cnc(Cl)cn2)CCN1. The molecule has 0 radical (unpaired) electrons. The van der Waals surface area contributed by atoms with Crippen molar-refractivity contribution in [3.63, 3.8) is 0 Å². The van der Waals surface area contributed by atoms with Crippen LogP contribution in [0.5, 0.6) is 0 Å². The van der Waals surface area contributed by atoms with E-state index in [1.165, 1.54) is 6.20 Å². The molecule has 0 aromatic carbocycles. The van der Waals surface area contributed by atoms with E-state index >= 15 is 0 Å². The Bertz CT molecular complexity index is 368. The van der Waals surface area contributed by atoms with Gasteiger partial charge in [-0.1, -0.05) is 11.6 Å². The summed E-state index contributed by atoms with van der Waals surface area (Å²) in [4.78, 5) is 21.5. The summed E-state index contributed by atoms with van der Waals surface area (Å²) in [5.41, 5.74) is 0.874. The molecule has 1 aliphatic heterocycles. The number of nitrogens with one attached hydrogen (secondary N) is 1. The van der Waals surface area contributed by atoms with Crippen LogP contribution < -0.4 is 5.32 Å². The molecule has 1 fully saturated rings. The minimum Gasteiger partial charge on any atom is -0.355 e. The second-order valence-electron chi connectivity index (χ2n) is 3.71. The monoisotopic (exact) mass is 240 g/mol. The molecule has 1 N–H and O–H groups in total. The highest BCUT2D eigenvalue weighted by molar-refractivity contribution is 6.29. The first-order valence-corrected chi connectivity index (χ1v) is 5.57. The quantitative estimate of drug-likeness (QED) is 0.816. The summed E-state index contributed by atoms with van der Waals surface area (Å²) in [6.45, 7) is 3.01. The molecule has 5 nitrogen and oxygen atoms in total. The van der Waals surface area contributed by atoms with Crippen LogP contribution in [0.3, 0.4) is 0 Å². The number of carbonyl (C=O) groups is 1. The first-order chi connectivity index (χ1) is 7.74. The fraction of sp³-hybridized carbons (Fsp3) is 0.500. The third kappa shape index (κ3) is 3.15. The van der Waals surface area contributed by atoms with E-state index in [0.717, 1.165) is 18.8 Å². The molecule has 1 aromatic rings. The largest absolute Gasteiger partial charge is 0.355 e. The van der Waals surface area contributed by atoms with Gasteiger partial charge in [-0.2, -0.15) is 0 Å². The Kier molecular flexibility index (Phi) is 3.69. The molecule has 6 heteroatoms. The molecule has 2 rings (SSSR count). The smallest absolute Gasteiger partial charge is 0.221 e. The number of rotatable bonds is 2. The van der Waals surface area contributed by atoms with Gasteiger partial charge in [-0.05, 0) is 0 Å². The molecule has 16 heavy (non-hydrogen) atoms. The highest BCUT2D eigenvalue weighted by Gasteiger charge is 2.13. The van der Waals surface area contributed by atoms with E-state index in [0.29, 0.717) is 24.7 Å². The molecule has 1 amide bonds. The molecule has 0 atom stereocenters. The van der Waals surface area contributed by atoms with E-state index in [1.54, 1.807) is 6.20 Å². The van der Waals surface area contributed by atoms with E-state index < -0.39 is 0 Å². The van der Waals surface area contributed by atoms with Gasteiger partial charge >= 0.3 is 0 Å². The maximum absolute atomic E-state index is 11.1. The van der Waals surface area contributed by atoms with Crippen LogP contribution in [-0.4, -0.2) is 40.4 Å². The fourth-order valence-electron chi connectivity index (χ4n) is 1.62. The summed E-state index contributed by atoms with van der Waals surface area (Å²) in [5.74, 6) is 0.115. The Morgan fingerprint density at radius 1 is 1.38 bits per heavy atom. The van der Waals surface area contributed by atoms with Gasteiger partial charge in [-0.3, -0.25) is 14.7 Å². The minimum absolute atomic E-state index is 0.115. The summed E-state index contributed by atoms with van der Waals surface area (Å²) in [5, 5.41) is 3.23. The van der Waals surface area contributed by atoms with Crippen molar-refractivity contribution in [2.24, 2.45) is 0 Å². The van der Waals surface area contributed by atoms with Gasteiger partial charge < -0.3 is 5.32 Å². The lowest BCUT2D eigenvalue weighted by atomic mass is 10.3. The highest BCUT2D eigenvalue weighted by atomic mass is 35.5. The Balaban J connectivity index is 1.93. The summed E-state index contributed by atoms with van der Waals surface area (Å²) in [7, 11) is 0. The number of aromatic nitrogens is 2. The van der Waals surface area contributed by atoms with Crippen molar-refractivity contribution < 1.29 is 4.79 Å². The van der Waals surface area contributed by atoms with Crippen molar-refractivity contribution >= 4 is 17.5 Å². The van der Waals surface area contributed by atoms with Crippen LogP contribution in [0.15, 0.2) is 12.4 Å². The molecule has 1 aromatic heterocycles. The zero-order chi connectivity index (χ0) is 11.4. The van der Waals surface area contributed by atoms with Crippen molar-refractivity contribution in [3.8, 4) is 0 Å². The van der Waals surface area contributed by atoms with E-state index in [1.807, 2.05) is 0 Å². The van der Waals surface area contributed by atoms with Crippen LogP contribution >= 0.6 is 11.6 Å². The molecule has 1 saturated heterocycles. The molecular weight excluding hydrogens is 228 g/mol. The Morgan fingerprint density at radius 3 is 3.00 bits per heavy atom. The number of hydrogen-bond donors (Lipinski definition) is 1. The van der Waals surface area contributed by atoms with Crippen molar-refractivity contribution in [1.29, 1.82) is 0 Å². The average Bonchev–Trinajstić information content (AvgIpc) is 2.47. The molecule has 2 heterocycles. The zero-order valence-electron chi connectivity index (χ0n) is 8.82. The lowest BCUT2D eigenvalue weighted by Gasteiger charge is -2.17. The predicted octanol–water partition coefficient (Wildman–Crippen LogP) is 0.452. The van der Waals surface area contributed by atoms with Gasteiger partial charge in [0.1, 0.15) is 5.15 Å². The third-order valence-corrected chi connectivity index (χ3v) is 2.66. The summed E-state index contributed by atoms with van der Waals surface area (Å²) in [6, 6.07) is 0. The third-order valence-electron chi connectivity index (χ3n) is 2.46. The number of halogens is 1. The van der Waals surface area contributed by atoms with E-state index in [-0.39, 0.29) is 5.91 Å². The first-order valence-electron chi connectivity index (χ1n) is 5.19. The summed E-state index contributed by atoms with van der Waals surface area (Å²) < 4.78 is 0. The summed E-state index contributed by atoms with van der Waals surface area (Å²) >= 11 is 5.66. The van der Waals surface area contributed by atoms with Crippen LogP contribution in [0.2, 0.25) is 5.15 Å². The van der Waals surface area contributed by atoms with E-state index in [4.69, 9.17) is 11.6 Å². The zero-order valence-corrected chi connectivity index (χ0v) is 9.57.